The van der Waals surface area contributed by atoms with E-state index in [0.29, 0.717) is 38.8 Å². The molecule has 0 spiro atoms. The molecule has 0 unspecified atom stereocenters. The zero-order valence-corrected chi connectivity index (χ0v) is 20.6. The van der Waals surface area contributed by atoms with Gasteiger partial charge in [-0.2, -0.15) is 14.0 Å². The van der Waals surface area contributed by atoms with Crippen LogP contribution in [0.5, 0.6) is 5.75 Å². The van der Waals surface area contributed by atoms with Gasteiger partial charge in [-0.15, -0.1) is 0 Å². The molecule has 4 rings (SSSR count). The molecule has 0 saturated heterocycles. The number of para-hydroxylation sites is 1. The predicted molar refractivity (Wildman–Crippen MR) is 141 cm³/mol. The summed E-state index contributed by atoms with van der Waals surface area (Å²) >= 11 is 1.74. The summed E-state index contributed by atoms with van der Waals surface area (Å²) in [5.41, 5.74) is 1.72. The van der Waals surface area contributed by atoms with Gasteiger partial charge >= 0.3 is 0 Å². The second kappa shape index (κ2) is 12.1. The van der Waals surface area contributed by atoms with Crippen molar-refractivity contribution >= 4 is 62.0 Å². The minimum Gasteiger partial charge on any atom is -0.484 e. The molecule has 0 saturated carbocycles. The first-order valence-electron chi connectivity index (χ1n) is 10.8. The van der Waals surface area contributed by atoms with Crippen LogP contribution in [0.2, 0.25) is 0 Å². The van der Waals surface area contributed by atoms with E-state index in [1.807, 2.05) is 30.3 Å². The lowest BCUT2D eigenvalue weighted by Gasteiger charge is -2.08. The van der Waals surface area contributed by atoms with Crippen molar-refractivity contribution in [2.75, 3.05) is 17.2 Å². The van der Waals surface area contributed by atoms with Gasteiger partial charge in [-0.1, -0.05) is 47.4 Å². The Labute approximate surface area is 218 Å². The van der Waals surface area contributed by atoms with E-state index in [1.165, 1.54) is 41.7 Å². The Kier molecular flexibility index (Phi) is 8.45. The van der Waals surface area contributed by atoms with Crippen LogP contribution < -0.4 is 15.4 Å². The molecular formula is C26H18F2N4O3S2. The van der Waals surface area contributed by atoms with Gasteiger partial charge in [0.15, 0.2) is 11.7 Å². The summed E-state index contributed by atoms with van der Waals surface area (Å²) in [7, 11) is 0. The van der Waals surface area contributed by atoms with Crippen LogP contribution in [-0.2, 0) is 9.59 Å². The highest BCUT2D eigenvalue weighted by molar-refractivity contribution is 7.99. The molecule has 3 aromatic carbocycles. The van der Waals surface area contributed by atoms with Gasteiger partial charge in [0, 0.05) is 10.6 Å². The number of ether oxygens (including phenoxy) is 1. The van der Waals surface area contributed by atoms with E-state index in [9.17, 15) is 23.6 Å². The molecule has 0 fully saturated rings. The van der Waals surface area contributed by atoms with Gasteiger partial charge < -0.3 is 10.1 Å². The Morgan fingerprint density at radius 1 is 1.05 bits per heavy atom. The Morgan fingerprint density at radius 2 is 1.78 bits per heavy atom. The van der Waals surface area contributed by atoms with Gasteiger partial charge in [0.1, 0.15) is 17.4 Å². The molecule has 0 bridgehead atoms. The van der Waals surface area contributed by atoms with Crippen molar-refractivity contribution in [2.24, 2.45) is 0 Å². The second-order valence-electron chi connectivity index (χ2n) is 7.42. The summed E-state index contributed by atoms with van der Waals surface area (Å²) in [6.07, 6.45) is 1.44. The Bertz CT molecular complexity index is 1450. The molecule has 0 radical (unpaired) electrons. The molecule has 0 aliphatic rings. The van der Waals surface area contributed by atoms with Crippen LogP contribution in [0, 0.1) is 11.3 Å². The number of hydrogen-bond acceptors (Lipinski definition) is 7. The van der Waals surface area contributed by atoms with Crippen LogP contribution in [0.3, 0.4) is 0 Å². The van der Waals surface area contributed by atoms with Gasteiger partial charge in [-0.25, -0.2) is 4.98 Å². The van der Waals surface area contributed by atoms with Crippen LogP contribution in [0.15, 0.2) is 83.3 Å². The lowest BCUT2D eigenvalue weighted by atomic mass is 10.1. The summed E-state index contributed by atoms with van der Waals surface area (Å²) in [5.74, 6) is -3.09. The fraction of sp³-hybridized carbons (Fsp3) is 0.0769. The quantitative estimate of drug-likeness (QED) is 0.151. The SMILES string of the molecule is N#CC(=Cc1ccc(OCC(=O)Nc2ccc(SC(F)F)cc2)cc1)C(=O)Nc1nc2ccccc2s1. The van der Waals surface area contributed by atoms with Crippen LogP contribution >= 0.6 is 23.1 Å². The number of rotatable bonds is 9. The lowest BCUT2D eigenvalue weighted by molar-refractivity contribution is -0.118. The average Bonchev–Trinajstić information content (AvgIpc) is 3.30. The van der Waals surface area contributed by atoms with Crippen LogP contribution in [0.4, 0.5) is 19.6 Å². The Morgan fingerprint density at radius 3 is 2.46 bits per heavy atom. The molecule has 0 aliphatic heterocycles. The van der Waals surface area contributed by atoms with Crippen molar-refractivity contribution in [3.63, 3.8) is 0 Å². The number of carbonyl (C=O) groups excluding carboxylic acids is 2. The number of amides is 2. The van der Waals surface area contributed by atoms with Gasteiger partial charge in [-0.05, 0) is 60.2 Å². The van der Waals surface area contributed by atoms with E-state index >= 15 is 0 Å². The molecule has 0 atom stereocenters. The van der Waals surface area contributed by atoms with E-state index in [-0.39, 0.29) is 12.2 Å². The van der Waals surface area contributed by atoms with Crippen molar-refractivity contribution in [1.82, 2.24) is 4.98 Å². The number of fused-ring (bicyclic) bond motifs is 1. The smallest absolute Gasteiger partial charge is 0.288 e. The van der Waals surface area contributed by atoms with Crippen LogP contribution in [-0.4, -0.2) is 29.2 Å². The first kappa shape index (κ1) is 25.8. The molecule has 0 aliphatic carbocycles. The second-order valence-corrected chi connectivity index (χ2v) is 9.51. The maximum Gasteiger partial charge on any atom is 0.288 e. The van der Waals surface area contributed by atoms with Gasteiger partial charge in [-0.3, -0.25) is 14.9 Å². The summed E-state index contributed by atoms with van der Waals surface area (Å²) in [6, 6.07) is 21.9. The number of carbonyl (C=O) groups is 2. The summed E-state index contributed by atoms with van der Waals surface area (Å²) in [5, 5.41) is 15.1. The van der Waals surface area contributed by atoms with Gasteiger partial charge in [0.25, 0.3) is 17.6 Å². The number of thioether (sulfide) groups is 1. The Hall–Kier alpha value is -4.27. The number of thiazole rings is 1. The highest BCUT2D eigenvalue weighted by Gasteiger charge is 2.13. The number of halogens is 2. The van der Waals surface area contributed by atoms with Crippen molar-refractivity contribution in [1.29, 1.82) is 5.26 Å². The predicted octanol–water partition coefficient (Wildman–Crippen LogP) is 6.17. The third-order valence-corrected chi connectivity index (χ3v) is 6.48. The van der Waals surface area contributed by atoms with E-state index in [0.717, 1.165) is 10.2 Å². The number of hydrogen-bond donors (Lipinski definition) is 2. The molecule has 7 nitrogen and oxygen atoms in total. The fourth-order valence-electron chi connectivity index (χ4n) is 3.13. The number of nitriles is 1. The molecule has 11 heteroatoms. The first-order chi connectivity index (χ1) is 17.9. The minimum atomic E-state index is -2.51. The molecule has 2 N–H and O–H groups in total. The summed E-state index contributed by atoms with van der Waals surface area (Å²) in [6.45, 7) is -0.267. The highest BCUT2D eigenvalue weighted by atomic mass is 32.2. The van der Waals surface area contributed by atoms with Gasteiger partial charge in [0.2, 0.25) is 0 Å². The van der Waals surface area contributed by atoms with Gasteiger partial charge in [0.05, 0.1) is 10.2 Å². The first-order valence-corrected chi connectivity index (χ1v) is 12.5. The van der Waals surface area contributed by atoms with Crippen LogP contribution in [0.25, 0.3) is 16.3 Å². The molecule has 186 valence electrons. The van der Waals surface area contributed by atoms with E-state index < -0.39 is 17.6 Å². The van der Waals surface area contributed by atoms with Crippen molar-refractivity contribution in [3.8, 4) is 11.8 Å². The van der Waals surface area contributed by atoms with E-state index in [1.54, 1.807) is 24.3 Å². The number of anilines is 2. The average molecular weight is 537 g/mol. The molecule has 1 aromatic heterocycles. The number of nitrogens with one attached hydrogen (secondary N) is 2. The monoisotopic (exact) mass is 536 g/mol. The molecule has 2 amide bonds. The molecule has 1 heterocycles. The van der Waals surface area contributed by atoms with Crippen molar-refractivity contribution < 1.29 is 23.1 Å². The number of aromatic nitrogens is 1. The van der Waals surface area contributed by atoms with Crippen LogP contribution in [0.1, 0.15) is 5.56 Å². The topological polar surface area (TPSA) is 104 Å². The third kappa shape index (κ3) is 7.36. The number of alkyl halides is 2. The number of benzene rings is 3. The highest BCUT2D eigenvalue weighted by Crippen LogP contribution is 2.27. The zero-order chi connectivity index (χ0) is 26.2. The normalized spacial score (nSPS) is 11.2. The number of nitrogens with zero attached hydrogens (tertiary/aromatic N) is 2. The maximum absolute atomic E-state index is 12.5. The Balaban J connectivity index is 1.30. The zero-order valence-electron chi connectivity index (χ0n) is 19.0. The third-order valence-electron chi connectivity index (χ3n) is 4.80. The van der Waals surface area contributed by atoms with E-state index in [4.69, 9.17) is 4.74 Å². The fourth-order valence-corrected chi connectivity index (χ4v) is 4.49. The summed E-state index contributed by atoms with van der Waals surface area (Å²) in [4.78, 5) is 29.4. The molecule has 37 heavy (non-hydrogen) atoms. The van der Waals surface area contributed by atoms with Crippen molar-refractivity contribution in [3.05, 3.63) is 83.9 Å². The minimum absolute atomic E-state index is 0.0923. The molecule has 4 aromatic rings. The standard InChI is InChI=1S/C26H18F2N4O3S2/c27-25(28)36-20-11-7-18(8-12-20)30-23(33)15-35-19-9-5-16(6-10-19)13-17(14-29)24(34)32-26-31-21-3-1-2-4-22(21)37-26/h1-13,25H,15H2,(H,30,33)(H,31,32,34). The molecular weight excluding hydrogens is 518 g/mol. The van der Waals surface area contributed by atoms with E-state index in [2.05, 4.69) is 15.6 Å². The maximum atomic E-state index is 12.5. The summed E-state index contributed by atoms with van der Waals surface area (Å²) < 4.78 is 31.2. The lowest BCUT2D eigenvalue weighted by Crippen LogP contribution is -2.20. The van der Waals surface area contributed by atoms with Crippen molar-refractivity contribution in [2.45, 2.75) is 10.7 Å². The largest absolute Gasteiger partial charge is 0.484 e.